The fraction of sp³-hybridized carbons (Fsp3) is 0.947. The number of ether oxygens (including phenoxy) is 1. The summed E-state index contributed by atoms with van der Waals surface area (Å²) in [5, 5.41) is 18.9. The maximum atomic E-state index is 11.1. The second-order valence-electron chi connectivity index (χ2n) is 6.65. The molecule has 138 valence electrons. The summed E-state index contributed by atoms with van der Waals surface area (Å²) in [6.07, 6.45) is 17.4. The summed E-state index contributed by atoms with van der Waals surface area (Å²) < 4.78 is 4.35. The van der Waals surface area contributed by atoms with Crippen LogP contribution < -0.4 is 0 Å². The molecular formula is C19H38O4. The summed E-state index contributed by atoms with van der Waals surface area (Å²) in [5.41, 5.74) is 0. The Labute approximate surface area is 142 Å². The van der Waals surface area contributed by atoms with Crippen molar-refractivity contribution < 1.29 is 19.7 Å². The highest BCUT2D eigenvalue weighted by Gasteiger charge is 2.33. The minimum atomic E-state index is -2.31. The van der Waals surface area contributed by atoms with Gasteiger partial charge in [0.15, 0.2) is 0 Å². The van der Waals surface area contributed by atoms with Gasteiger partial charge in [0, 0.05) is 6.42 Å². The number of carbonyl (C=O) groups is 1. The third-order valence-electron chi connectivity index (χ3n) is 4.39. The molecule has 0 radical (unpaired) electrons. The lowest BCUT2D eigenvalue weighted by Gasteiger charge is -2.18. The molecule has 0 aliphatic carbocycles. The monoisotopic (exact) mass is 330 g/mol. The summed E-state index contributed by atoms with van der Waals surface area (Å²) >= 11 is 0. The highest BCUT2D eigenvalue weighted by atomic mass is 16.6. The van der Waals surface area contributed by atoms with Gasteiger partial charge in [-0.05, 0) is 6.42 Å². The second kappa shape index (κ2) is 14.9. The zero-order valence-electron chi connectivity index (χ0n) is 15.3. The van der Waals surface area contributed by atoms with E-state index in [9.17, 15) is 15.0 Å². The van der Waals surface area contributed by atoms with Crippen LogP contribution in [0.5, 0.6) is 0 Å². The molecule has 0 bridgehead atoms. The van der Waals surface area contributed by atoms with E-state index in [0.29, 0.717) is 6.42 Å². The van der Waals surface area contributed by atoms with Crippen LogP contribution in [0.25, 0.3) is 0 Å². The first-order chi connectivity index (χ1) is 11.0. The summed E-state index contributed by atoms with van der Waals surface area (Å²) in [5.74, 6) is -3.28. The predicted octanol–water partition coefficient (Wildman–Crippen LogP) is 4.71. The smallest absolute Gasteiger partial charge is 0.366 e. The number of esters is 1. The molecule has 0 amide bonds. The van der Waals surface area contributed by atoms with Crippen LogP contribution in [-0.4, -0.2) is 29.1 Å². The fourth-order valence-electron chi connectivity index (χ4n) is 2.83. The standard InChI is InChI=1S/C19H38O4/c1-3-4-5-6-7-8-9-10-11-12-13-14-15-16-17-19(21,22)18(20)23-2/h21-22H,3-17H2,1-2H3. The van der Waals surface area contributed by atoms with Crippen molar-refractivity contribution >= 4 is 5.97 Å². The average Bonchev–Trinajstić information content (AvgIpc) is 2.54. The Bertz CT molecular complexity index is 277. The van der Waals surface area contributed by atoms with Crippen molar-refractivity contribution in [3.63, 3.8) is 0 Å². The molecule has 0 aromatic carbocycles. The first kappa shape index (κ1) is 22.4. The average molecular weight is 331 g/mol. The molecule has 4 heteroatoms. The maximum absolute atomic E-state index is 11.1. The van der Waals surface area contributed by atoms with Gasteiger partial charge in [0.05, 0.1) is 7.11 Å². The third kappa shape index (κ3) is 13.5. The molecule has 0 aromatic heterocycles. The van der Waals surface area contributed by atoms with Crippen molar-refractivity contribution in [2.45, 2.75) is 109 Å². The number of aliphatic hydroxyl groups is 2. The van der Waals surface area contributed by atoms with Crippen LogP contribution in [0.3, 0.4) is 0 Å². The quantitative estimate of drug-likeness (QED) is 0.244. The molecule has 0 aliphatic rings. The third-order valence-corrected chi connectivity index (χ3v) is 4.39. The van der Waals surface area contributed by atoms with E-state index >= 15 is 0 Å². The molecular weight excluding hydrogens is 292 g/mol. The molecule has 0 heterocycles. The second-order valence-corrected chi connectivity index (χ2v) is 6.65. The lowest BCUT2D eigenvalue weighted by molar-refractivity contribution is -0.209. The van der Waals surface area contributed by atoms with Gasteiger partial charge in [0.25, 0.3) is 5.79 Å². The molecule has 0 aromatic rings. The zero-order valence-corrected chi connectivity index (χ0v) is 15.3. The van der Waals surface area contributed by atoms with Crippen LogP contribution >= 0.6 is 0 Å². The Morgan fingerprint density at radius 1 is 0.739 bits per heavy atom. The van der Waals surface area contributed by atoms with Gasteiger partial charge in [-0.3, -0.25) is 0 Å². The minimum Gasteiger partial charge on any atom is -0.465 e. The van der Waals surface area contributed by atoms with Gasteiger partial charge in [-0.1, -0.05) is 90.4 Å². The molecule has 0 aliphatic heterocycles. The first-order valence-corrected chi connectivity index (χ1v) is 9.57. The molecule has 0 saturated carbocycles. The number of methoxy groups -OCH3 is 1. The molecule has 23 heavy (non-hydrogen) atoms. The Hall–Kier alpha value is -0.610. The number of unbranched alkanes of at least 4 members (excludes halogenated alkanes) is 13. The molecule has 0 fully saturated rings. The van der Waals surface area contributed by atoms with Crippen molar-refractivity contribution in [1.82, 2.24) is 0 Å². The topological polar surface area (TPSA) is 66.8 Å². The highest BCUT2D eigenvalue weighted by molar-refractivity contribution is 5.76. The van der Waals surface area contributed by atoms with Gasteiger partial charge in [0.1, 0.15) is 0 Å². The van der Waals surface area contributed by atoms with Crippen LogP contribution in [0.4, 0.5) is 0 Å². The molecule has 0 saturated heterocycles. The maximum Gasteiger partial charge on any atom is 0.366 e. The lowest BCUT2D eigenvalue weighted by Crippen LogP contribution is -2.39. The molecule has 0 rings (SSSR count). The summed E-state index contributed by atoms with van der Waals surface area (Å²) in [4.78, 5) is 11.1. The van der Waals surface area contributed by atoms with E-state index in [1.54, 1.807) is 0 Å². The van der Waals surface area contributed by atoms with Crippen molar-refractivity contribution in [1.29, 1.82) is 0 Å². The summed E-state index contributed by atoms with van der Waals surface area (Å²) in [7, 11) is 1.16. The molecule has 0 spiro atoms. The van der Waals surface area contributed by atoms with Crippen LogP contribution in [-0.2, 0) is 9.53 Å². The summed E-state index contributed by atoms with van der Waals surface area (Å²) in [6.45, 7) is 2.25. The van der Waals surface area contributed by atoms with E-state index < -0.39 is 11.8 Å². The first-order valence-electron chi connectivity index (χ1n) is 9.57. The van der Waals surface area contributed by atoms with Gasteiger partial charge >= 0.3 is 5.97 Å². The Balaban J connectivity index is 3.24. The molecule has 0 atom stereocenters. The Morgan fingerprint density at radius 2 is 1.09 bits per heavy atom. The van der Waals surface area contributed by atoms with E-state index in [0.717, 1.165) is 20.0 Å². The molecule has 2 N–H and O–H groups in total. The van der Waals surface area contributed by atoms with E-state index in [4.69, 9.17) is 0 Å². The fourth-order valence-corrected chi connectivity index (χ4v) is 2.83. The van der Waals surface area contributed by atoms with E-state index in [-0.39, 0.29) is 6.42 Å². The minimum absolute atomic E-state index is 0.0533. The van der Waals surface area contributed by atoms with E-state index in [2.05, 4.69) is 11.7 Å². The van der Waals surface area contributed by atoms with Gasteiger partial charge in [-0.25, -0.2) is 4.79 Å². The zero-order chi connectivity index (χ0) is 17.4. The van der Waals surface area contributed by atoms with Crippen molar-refractivity contribution in [3.8, 4) is 0 Å². The Morgan fingerprint density at radius 3 is 1.43 bits per heavy atom. The van der Waals surface area contributed by atoms with Crippen molar-refractivity contribution in [2.75, 3.05) is 7.11 Å². The summed E-state index contributed by atoms with van der Waals surface area (Å²) in [6, 6.07) is 0. The van der Waals surface area contributed by atoms with Crippen molar-refractivity contribution in [3.05, 3.63) is 0 Å². The van der Waals surface area contributed by atoms with Gasteiger partial charge in [0.2, 0.25) is 0 Å². The molecule has 0 unspecified atom stereocenters. The largest absolute Gasteiger partial charge is 0.465 e. The molecule has 4 nitrogen and oxygen atoms in total. The van der Waals surface area contributed by atoms with Gasteiger partial charge < -0.3 is 14.9 Å². The number of hydrogen-bond acceptors (Lipinski definition) is 4. The van der Waals surface area contributed by atoms with Crippen LogP contribution in [0, 0.1) is 0 Å². The van der Waals surface area contributed by atoms with E-state index in [1.165, 1.54) is 70.6 Å². The van der Waals surface area contributed by atoms with Crippen LogP contribution in [0.2, 0.25) is 0 Å². The number of rotatable bonds is 16. The predicted molar refractivity (Wildman–Crippen MR) is 94.1 cm³/mol. The highest BCUT2D eigenvalue weighted by Crippen LogP contribution is 2.16. The Kier molecular flexibility index (Phi) is 14.6. The lowest BCUT2D eigenvalue weighted by atomic mass is 10.0. The van der Waals surface area contributed by atoms with Crippen LogP contribution in [0.15, 0.2) is 0 Å². The SMILES string of the molecule is CCCCCCCCCCCCCCCCC(O)(O)C(=O)OC. The van der Waals surface area contributed by atoms with E-state index in [1.807, 2.05) is 0 Å². The van der Waals surface area contributed by atoms with Gasteiger partial charge in [-0.2, -0.15) is 0 Å². The number of carbonyl (C=O) groups excluding carboxylic acids is 1. The number of hydrogen-bond donors (Lipinski definition) is 2. The van der Waals surface area contributed by atoms with Gasteiger partial charge in [-0.15, -0.1) is 0 Å². The normalized spacial score (nSPS) is 11.7. The van der Waals surface area contributed by atoms with Crippen LogP contribution in [0.1, 0.15) is 103 Å². The van der Waals surface area contributed by atoms with Crippen molar-refractivity contribution in [2.24, 2.45) is 0 Å².